The van der Waals surface area contributed by atoms with Crippen LogP contribution in [0.2, 0.25) is 0 Å². The van der Waals surface area contributed by atoms with E-state index in [1.54, 1.807) is 31.2 Å². The zero-order valence-corrected chi connectivity index (χ0v) is 14.8. The van der Waals surface area contributed by atoms with Gasteiger partial charge in [0.05, 0.1) is 14.2 Å². The smallest absolute Gasteiger partial charge is 0.339 e. The van der Waals surface area contributed by atoms with Crippen LogP contribution in [-0.2, 0) is 14.3 Å². The largest absolute Gasteiger partial charge is 0.504 e. The molecule has 1 atom stereocenters. The molecule has 140 valence electrons. The third-order valence-corrected chi connectivity index (χ3v) is 3.21. The van der Waals surface area contributed by atoms with E-state index in [-0.39, 0.29) is 17.5 Å². The van der Waals surface area contributed by atoms with Crippen LogP contribution in [0.1, 0.15) is 25.0 Å². The maximum atomic E-state index is 10.9. The summed E-state index contributed by atoms with van der Waals surface area (Å²) in [5.41, 5.74) is 0.546. The number of benzene rings is 2. The van der Waals surface area contributed by atoms with Crippen LogP contribution in [0.25, 0.3) is 0 Å². The molecule has 1 unspecified atom stereocenters. The molecule has 0 radical (unpaired) electrons. The number of hydrogen-bond acceptors (Lipinski definition) is 7. The first-order valence-electron chi connectivity index (χ1n) is 7.81. The van der Waals surface area contributed by atoms with Gasteiger partial charge >= 0.3 is 11.9 Å². The summed E-state index contributed by atoms with van der Waals surface area (Å²) in [4.78, 5) is 21.8. The molecule has 7 nitrogen and oxygen atoms in total. The molecular weight excluding hydrogens is 340 g/mol. The van der Waals surface area contributed by atoms with Gasteiger partial charge in [-0.15, -0.1) is 0 Å². The van der Waals surface area contributed by atoms with Gasteiger partial charge in [-0.25, -0.2) is 4.79 Å². The van der Waals surface area contributed by atoms with Crippen LogP contribution < -0.4 is 9.47 Å². The third-order valence-electron chi connectivity index (χ3n) is 3.21. The molecule has 0 aliphatic heterocycles. The van der Waals surface area contributed by atoms with Gasteiger partial charge in [-0.05, 0) is 17.7 Å². The lowest BCUT2D eigenvalue weighted by Crippen LogP contribution is -2.13. The Morgan fingerprint density at radius 1 is 1.08 bits per heavy atom. The van der Waals surface area contributed by atoms with Gasteiger partial charge < -0.3 is 24.4 Å². The van der Waals surface area contributed by atoms with Gasteiger partial charge in [-0.2, -0.15) is 0 Å². The fourth-order valence-corrected chi connectivity index (χ4v) is 1.81. The number of carbonyl (C=O) groups is 2. The number of phenolic OH excluding ortho intramolecular Hbond substituents is 1. The van der Waals surface area contributed by atoms with Crippen LogP contribution in [0.4, 0.5) is 0 Å². The van der Waals surface area contributed by atoms with Crippen LogP contribution in [0, 0.1) is 0 Å². The summed E-state index contributed by atoms with van der Waals surface area (Å²) in [6, 6.07) is 13.0. The number of methoxy groups -OCH3 is 2. The average molecular weight is 362 g/mol. The SMILES string of the molecule is CCC(=O)Oc1ccc(O)c(OC)c1.COC(=O)C(O)c1ccccc1. The zero-order chi connectivity index (χ0) is 19.5. The summed E-state index contributed by atoms with van der Waals surface area (Å²) in [6.45, 7) is 1.71. The van der Waals surface area contributed by atoms with Crippen molar-refractivity contribution in [2.45, 2.75) is 19.4 Å². The Kier molecular flexibility index (Phi) is 8.66. The number of aliphatic hydroxyl groups excluding tert-OH is 1. The summed E-state index contributed by atoms with van der Waals surface area (Å²) in [7, 11) is 2.68. The van der Waals surface area contributed by atoms with Crippen molar-refractivity contribution in [1.29, 1.82) is 0 Å². The lowest BCUT2D eigenvalue weighted by molar-refractivity contribution is -0.150. The Balaban J connectivity index is 0.000000263. The topological polar surface area (TPSA) is 102 Å². The van der Waals surface area contributed by atoms with E-state index in [2.05, 4.69) is 4.74 Å². The van der Waals surface area contributed by atoms with Crippen LogP contribution in [0.3, 0.4) is 0 Å². The van der Waals surface area contributed by atoms with E-state index in [0.717, 1.165) is 0 Å². The first kappa shape index (κ1) is 21.0. The molecule has 0 bridgehead atoms. The molecule has 0 saturated carbocycles. The molecule has 2 rings (SSSR count). The fourth-order valence-electron chi connectivity index (χ4n) is 1.81. The molecule has 0 fully saturated rings. The summed E-state index contributed by atoms with van der Waals surface area (Å²) < 4.78 is 14.2. The number of hydrogen-bond donors (Lipinski definition) is 2. The Hall–Kier alpha value is -3.06. The monoisotopic (exact) mass is 362 g/mol. The zero-order valence-electron chi connectivity index (χ0n) is 14.8. The van der Waals surface area contributed by atoms with E-state index in [1.165, 1.54) is 32.4 Å². The van der Waals surface area contributed by atoms with Crippen molar-refractivity contribution in [3.63, 3.8) is 0 Å². The molecule has 7 heteroatoms. The minimum absolute atomic E-state index is 0.0174. The highest BCUT2D eigenvalue weighted by Crippen LogP contribution is 2.29. The molecule has 2 N–H and O–H groups in total. The van der Waals surface area contributed by atoms with Crippen molar-refractivity contribution in [3.05, 3.63) is 54.1 Å². The van der Waals surface area contributed by atoms with Crippen LogP contribution in [-0.4, -0.2) is 36.4 Å². The van der Waals surface area contributed by atoms with Gasteiger partial charge in [-0.1, -0.05) is 37.3 Å². The van der Waals surface area contributed by atoms with Crippen molar-refractivity contribution >= 4 is 11.9 Å². The molecule has 0 spiro atoms. The predicted molar refractivity (Wildman–Crippen MR) is 94.0 cm³/mol. The van der Waals surface area contributed by atoms with Gasteiger partial charge in [0.2, 0.25) is 0 Å². The van der Waals surface area contributed by atoms with E-state index in [0.29, 0.717) is 17.7 Å². The average Bonchev–Trinajstić information content (AvgIpc) is 2.69. The van der Waals surface area contributed by atoms with E-state index >= 15 is 0 Å². The fraction of sp³-hybridized carbons (Fsp3) is 0.263. The quantitative estimate of drug-likeness (QED) is 0.622. The second-order valence-electron chi connectivity index (χ2n) is 5.00. The van der Waals surface area contributed by atoms with Gasteiger partial charge in [0.15, 0.2) is 17.6 Å². The first-order valence-corrected chi connectivity index (χ1v) is 7.81. The van der Waals surface area contributed by atoms with Crippen LogP contribution in [0.15, 0.2) is 48.5 Å². The predicted octanol–water partition coefficient (Wildman–Crippen LogP) is 2.61. The second kappa shape index (κ2) is 10.7. The Labute approximate surface area is 151 Å². The molecule has 2 aromatic rings. The van der Waals surface area contributed by atoms with Crippen LogP contribution in [0.5, 0.6) is 17.2 Å². The summed E-state index contributed by atoms with van der Waals surface area (Å²) >= 11 is 0. The van der Waals surface area contributed by atoms with Crippen molar-refractivity contribution in [1.82, 2.24) is 0 Å². The molecule has 0 amide bonds. The standard InChI is InChI=1S/C10H12O4.C9H10O3/c1-3-10(12)14-7-4-5-8(11)9(6-7)13-2;1-12-9(11)8(10)7-5-3-2-4-6-7/h4-6,11H,3H2,1-2H3;2-6,8,10H,1H3. The number of esters is 2. The first-order chi connectivity index (χ1) is 12.4. The van der Waals surface area contributed by atoms with Crippen molar-refractivity contribution < 1.29 is 34.0 Å². The maximum absolute atomic E-state index is 10.9. The molecular formula is C19H22O7. The van der Waals surface area contributed by atoms with E-state index < -0.39 is 12.1 Å². The summed E-state index contributed by atoms with van der Waals surface area (Å²) in [6.07, 6.45) is -0.861. The van der Waals surface area contributed by atoms with Gasteiger partial charge in [0.1, 0.15) is 5.75 Å². The Morgan fingerprint density at radius 3 is 2.27 bits per heavy atom. The minimum Gasteiger partial charge on any atom is -0.504 e. The normalized spacial score (nSPS) is 10.8. The minimum atomic E-state index is -1.17. The third kappa shape index (κ3) is 6.45. The van der Waals surface area contributed by atoms with E-state index in [9.17, 15) is 19.8 Å². The Morgan fingerprint density at radius 2 is 1.73 bits per heavy atom. The van der Waals surface area contributed by atoms with E-state index in [4.69, 9.17) is 9.47 Å². The van der Waals surface area contributed by atoms with Crippen molar-refractivity contribution in [2.75, 3.05) is 14.2 Å². The number of aromatic hydroxyl groups is 1. The number of rotatable bonds is 5. The molecule has 0 aliphatic carbocycles. The number of carbonyl (C=O) groups excluding carboxylic acids is 2. The summed E-state index contributed by atoms with van der Waals surface area (Å²) in [5, 5.41) is 18.6. The van der Waals surface area contributed by atoms with E-state index in [1.807, 2.05) is 6.07 Å². The molecule has 0 saturated heterocycles. The van der Waals surface area contributed by atoms with Gasteiger partial charge in [-0.3, -0.25) is 4.79 Å². The van der Waals surface area contributed by atoms with Crippen molar-refractivity contribution in [3.8, 4) is 17.2 Å². The number of ether oxygens (including phenoxy) is 3. The lowest BCUT2D eigenvalue weighted by Gasteiger charge is -2.07. The highest BCUT2D eigenvalue weighted by molar-refractivity contribution is 5.76. The summed E-state index contributed by atoms with van der Waals surface area (Å²) in [5.74, 6) is -0.291. The van der Waals surface area contributed by atoms with Crippen molar-refractivity contribution in [2.24, 2.45) is 0 Å². The Bertz CT molecular complexity index is 713. The molecule has 2 aromatic carbocycles. The highest BCUT2D eigenvalue weighted by Gasteiger charge is 2.16. The molecule has 0 aromatic heterocycles. The number of phenols is 1. The number of aliphatic hydroxyl groups is 1. The van der Waals surface area contributed by atoms with Gasteiger partial charge in [0, 0.05) is 12.5 Å². The van der Waals surface area contributed by atoms with Crippen LogP contribution >= 0.6 is 0 Å². The highest BCUT2D eigenvalue weighted by atomic mass is 16.5. The maximum Gasteiger partial charge on any atom is 0.339 e. The molecule has 0 aliphatic rings. The lowest BCUT2D eigenvalue weighted by atomic mass is 10.1. The van der Waals surface area contributed by atoms with Gasteiger partial charge in [0.25, 0.3) is 0 Å². The molecule has 0 heterocycles. The molecule has 26 heavy (non-hydrogen) atoms. The second-order valence-corrected chi connectivity index (χ2v) is 5.00.